The molecule has 17 rings (SSSR count). The molecule has 139 heavy (non-hydrogen) atoms. The fourth-order valence-electron chi connectivity index (χ4n) is 20.2. The Balaban J connectivity index is 0.000000276. The molecule has 6 saturated heterocycles. The lowest BCUT2D eigenvalue weighted by Crippen LogP contribution is -2.49. The van der Waals surface area contributed by atoms with Gasteiger partial charge in [0.1, 0.15) is 61.0 Å². The third kappa shape index (κ3) is 26.0. The molecule has 0 bridgehead atoms. The minimum absolute atomic E-state index is 0. The summed E-state index contributed by atoms with van der Waals surface area (Å²) in [6.07, 6.45) is 7.87. The number of anilines is 7. The summed E-state index contributed by atoms with van der Waals surface area (Å²) >= 11 is 0. The second-order valence-electron chi connectivity index (χ2n) is 37.1. The average molecular weight is 2010 g/mol. The number of piperazine rings is 3. The number of allylic oxidation sites excluding steroid dienone is 1. The zero-order valence-corrected chi connectivity index (χ0v) is 82.4. The number of nitrogens with one attached hydrogen (secondary N) is 2. The fraction of sp³-hybridized carbons (Fsp3) is 0.577. The number of methoxy groups -OCH3 is 1. The van der Waals surface area contributed by atoms with Crippen LogP contribution in [0.15, 0.2) is 67.3 Å². The standard InChI is InChI=1S/C32H43F4N7O3.C31H40F2N8O2.C30H38F2N8O2.4CH4.H3N.3H2S/c1-20-15-24(37)21(2)28(27(20)32(34,35)36)43-9-8-23-25(17-43)38-30(46-18-22-16-31(3,33)19-40(22)4)39-29(23)42-12-10-41(11-13-42)26(44)7-6-14-45-5;1-20-14-25-24(16-34-37-25)28(21(20)2)41-9-7-23-26(17-41)35-30(43-18-22-15-31(3,33)19-38(22)4)36-29(23)40-12-10-39(11-13-40)27(42)6-5-8-32;1-18-12-24-23(14-33-36-24)26(19(18)2)40-7-6-22-25(15-40)34-29(42-16-21-13-30(4,32)17-37(21)5)35-27(22)38-8-10-39(11-9-38)28(41)20(3)31;;;;;;;;/h6-7,15,22H,8-14,16-19,37H2,1-5H3;5-6,14,16,22H,7-13,15,17-19H2,1-4H3,(H,34,37);12,14,21H,3,6-11,13,15-17H2,1-2,4-5H3,(H,33,36);4*1H4;1H3;3*1H2/b7-6+;6-5+;;;;;;;;;/t2*22-,31?;21-,30?;;;;;;;;/m000......../s1. The van der Waals surface area contributed by atoms with Gasteiger partial charge in [-0.25, -0.2) is 22.0 Å². The summed E-state index contributed by atoms with van der Waals surface area (Å²) in [5.74, 6) is 0.363. The molecule has 8 aromatic rings. The van der Waals surface area contributed by atoms with E-state index in [1.807, 2.05) is 48.2 Å². The van der Waals surface area contributed by atoms with E-state index in [9.17, 15) is 49.5 Å². The van der Waals surface area contributed by atoms with Crippen LogP contribution in [-0.2, 0) is 64.2 Å². The number of amides is 3. The quantitative estimate of drug-likeness (QED) is 0.0295. The Morgan fingerprint density at radius 3 is 1.15 bits per heavy atom. The number of rotatable bonds is 21. The maximum atomic E-state index is 14.7. The number of nitrogen functional groups attached to an aromatic ring is 1. The van der Waals surface area contributed by atoms with Crippen LogP contribution >= 0.6 is 40.5 Å². The van der Waals surface area contributed by atoms with Gasteiger partial charge in [-0.1, -0.05) is 42.4 Å². The first-order valence-corrected chi connectivity index (χ1v) is 45.0. The van der Waals surface area contributed by atoms with Crippen molar-refractivity contribution in [1.29, 1.82) is 0 Å². The number of halogens is 8. The summed E-state index contributed by atoms with van der Waals surface area (Å²) in [6, 6.07) is 5.94. The predicted molar refractivity (Wildman–Crippen MR) is 551 cm³/mol. The maximum absolute atomic E-state index is 14.7. The summed E-state index contributed by atoms with van der Waals surface area (Å²) in [5.41, 5.74) is 16.8. The number of H-pyrrole nitrogens is 2. The number of ether oxygens (including phenoxy) is 4. The number of aromatic amines is 2. The Morgan fingerprint density at radius 1 is 0.496 bits per heavy atom. The van der Waals surface area contributed by atoms with Gasteiger partial charge >= 0.3 is 24.2 Å². The molecule has 7 N–H and O–H groups in total. The minimum atomic E-state index is -4.57. The van der Waals surface area contributed by atoms with Crippen LogP contribution < -0.4 is 55.5 Å². The summed E-state index contributed by atoms with van der Waals surface area (Å²) in [4.78, 5) is 89.9. The van der Waals surface area contributed by atoms with Crippen molar-refractivity contribution in [3.63, 3.8) is 0 Å². The third-order valence-corrected chi connectivity index (χ3v) is 27.1. The number of likely N-dealkylation sites (N-methyl/N-ethyl adjacent to an activating group) is 3. The highest BCUT2D eigenvalue weighted by Crippen LogP contribution is 2.47. The van der Waals surface area contributed by atoms with Crippen LogP contribution in [0.5, 0.6) is 18.0 Å². The van der Waals surface area contributed by atoms with Crippen LogP contribution in [0.3, 0.4) is 0 Å². The van der Waals surface area contributed by atoms with Gasteiger partial charge in [-0.2, -0.15) is 93.8 Å². The van der Waals surface area contributed by atoms with Crippen LogP contribution in [-0.4, -0.2) is 312 Å². The summed E-state index contributed by atoms with van der Waals surface area (Å²) in [7, 11) is 7.23. The molecule has 3 amide bonds. The SMILES string of the molecule is C.C.C.C.C=C(F)C(=O)N1CCN(c2nc(OC[C@@H]3CC(C)(F)CN3C)nc3c2CCN(c2c(C)c(C)cc4[nH]ncc24)C3)CC1.COC/C=C/C(=O)N1CCN(c2nc(OC[C@@H]3CC(C)(F)CN3C)nc3c2CCN(c2c(C)c(N)cc(C)c2C(F)(F)F)C3)CC1.Cc1cc2[nH]ncc2c(N2CCc3c(nc(OC[C@@H]4CC(C)(F)CN4C)nc3N3CCN(C(=O)/C=C/CF)CC3)C2)c1C.N.S.S.S. The first-order chi connectivity index (χ1) is 62.3. The molecule has 5 aromatic heterocycles. The van der Waals surface area contributed by atoms with Gasteiger partial charge in [0.25, 0.3) is 5.91 Å². The number of likely N-dealkylation sites (tertiary alicyclic amines) is 3. The van der Waals surface area contributed by atoms with E-state index < -0.39 is 47.2 Å². The molecule has 6 fully saturated rings. The van der Waals surface area contributed by atoms with Gasteiger partial charge in [0.15, 0.2) is 5.83 Å². The highest BCUT2D eigenvalue weighted by Gasteiger charge is 2.45. The van der Waals surface area contributed by atoms with Gasteiger partial charge < -0.3 is 74.9 Å². The van der Waals surface area contributed by atoms with E-state index in [0.717, 1.165) is 98.8 Å². The first-order valence-electron chi connectivity index (χ1n) is 45.0. The fourth-order valence-corrected chi connectivity index (χ4v) is 20.2. The second-order valence-corrected chi connectivity index (χ2v) is 37.1. The van der Waals surface area contributed by atoms with Gasteiger partial charge in [0, 0.05) is 208 Å². The Labute approximate surface area is 833 Å². The van der Waals surface area contributed by atoms with E-state index in [4.69, 9.17) is 54.6 Å². The zero-order chi connectivity index (χ0) is 93.4. The van der Waals surface area contributed by atoms with E-state index in [1.54, 1.807) is 55.6 Å². The Hall–Kier alpha value is -10.2. The van der Waals surface area contributed by atoms with Crippen molar-refractivity contribution in [2.75, 3.05) is 214 Å². The number of carbonyl (C=O) groups excluding carboxylic acids is 3. The van der Waals surface area contributed by atoms with Gasteiger partial charge in [-0.05, 0) is 160 Å². The monoisotopic (exact) mass is 2010 g/mol. The number of carbonyl (C=O) groups is 3. The predicted octanol–water partition coefficient (Wildman–Crippen LogP) is 14.0. The number of benzene rings is 3. The zero-order valence-electron chi connectivity index (χ0n) is 79.4. The Kier molecular flexibility index (Phi) is 40.0. The molecule has 42 heteroatoms. The normalized spacial score (nSPS) is 21.5. The molecule has 9 aliphatic rings. The molecule has 770 valence electrons. The van der Waals surface area contributed by atoms with E-state index in [-0.39, 0.29) is 162 Å². The van der Waals surface area contributed by atoms with Gasteiger partial charge in [-0.15, -0.1) is 0 Å². The molecule has 31 nitrogen and oxygen atoms in total. The number of nitrogens with zero attached hydrogens (tertiary/aromatic N) is 20. The molecule has 0 radical (unpaired) electrons. The third-order valence-electron chi connectivity index (χ3n) is 27.1. The molecule has 6 atom stereocenters. The van der Waals surface area contributed by atoms with Crippen LogP contribution in [0.2, 0.25) is 0 Å². The molecule has 9 aliphatic heterocycles. The molecular formula is C97H146F8N24O7S3. The molecule has 0 saturated carbocycles. The van der Waals surface area contributed by atoms with E-state index in [1.165, 1.54) is 58.4 Å². The van der Waals surface area contributed by atoms with Crippen LogP contribution in [0, 0.1) is 41.5 Å². The number of hydrogen-bond donors (Lipinski definition) is 4. The smallest absolute Gasteiger partial charge is 0.418 e. The number of nitrogens with two attached hydrogens (primary N) is 1. The topological polar surface area (TPSA) is 323 Å². The highest BCUT2D eigenvalue weighted by atomic mass is 32.1. The molecule has 0 spiro atoms. The Morgan fingerprint density at radius 2 is 0.835 bits per heavy atom. The van der Waals surface area contributed by atoms with Crippen molar-refractivity contribution >= 4 is 120 Å². The lowest BCUT2D eigenvalue weighted by molar-refractivity contribution is -0.137. The van der Waals surface area contributed by atoms with Crippen molar-refractivity contribution in [1.82, 2.24) is 85.8 Å². The molecule has 14 heterocycles. The number of aryl methyl sites for hydroxylation is 3. The summed E-state index contributed by atoms with van der Waals surface area (Å²) in [6.45, 7) is 30.0. The maximum Gasteiger partial charge on any atom is 0.418 e. The molecule has 0 aliphatic carbocycles. The highest BCUT2D eigenvalue weighted by molar-refractivity contribution is 7.59. The van der Waals surface area contributed by atoms with Crippen molar-refractivity contribution in [2.45, 2.75) is 191 Å². The minimum Gasteiger partial charge on any atom is -0.462 e. The lowest BCUT2D eigenvalue weighted by atomic mass is 9.96. The number of alkyl halides is 7. The van der Waals surface area contributed by atoms with Crippen molar-refractivity contribution in [3.8, 4) is 18.0 Å². The van der Waals surface area contributed by atoms with E-state index >= 15 is 0 Å². The van der Waals surface area contributed by atoms with E-state index in [2.05, 4.69) is 91.3 Å². The van der Waals surface area contributed by atoms with Gasteiger partial charge in [0.2, 0.25) is 11.8 Å². The van der Waals surface area contributed by atoms with Gasteiger partial charge in [0.05, 0.1) is 89.4 Å². The number of aromatic nitrogens is 10. The molecule has 3 aromatic carbocycles. The second kappa shape index (κ2) is 48.0. The van der Waals surface area contributed by atoms with Crippen molar-refractivity contribution in [2.24, 2.45) is 0 Å². The number of fused-ring (bicyclic) bond motifs is 5. The van der Waals surface area contributed by atoms with Crippen LogP contribution in [0.25, 0.3) is 21.8 Å². The van der Waals surface area contributed by atoms with Crippen LogP contribution in [0.4, 0.5) is 75.3 Å². The first kappa shape index (κ1) is 116. The van der Waals surface area contributed by atoms with E-state index in [0.29, 0.717) is 173 Å². The summed E-state index contributed by atoms with van der Waals surface area (Å²) in [5, 5.41) is 17.0. The Bertz CT molecular complexity index is 5630. The number of hydrogen-bond acceptors (Lipinski definition) is 26. The largest absolute Gasteiger partial charge is 0.462 e. The molecule has 3 unspecified atom stereocenters. The van der Waals surface area contributed by atoms with Crippen molar-refractivity contribution < 1.29 is 68.5 Å². The average Bonchev–Trinajstić information content (AvgIpc) is 1.45. The summed E-state index contributed by atoms with van der Waals surface area (Å²) < 4.78 is 137. The molecular weight excluding hydrogens is 1860 g/mol. The van der Waals surface area contributed by atoms with Crippen molar-refractivity contribution in [3.05, 3.63) is 140 Å². The van der Waals surface area contributed by atoms with Gasteiger partial charge in [-0.3, -0.25) is 39.3 Å². The van der Waals surface area contributed by atoms with Crippen LogP contribution in [0.1, 0.15) is 142 Å². The lowest BCUT2D eigenvalue weighted by Gasteiger charge is -2.38.